The van der Waals surface area contributed by atoms with Gasteiger partial charge in [0, 0.05) is 12.2 Å². The SMILES string of the molecule is Cc1ccccc1Nc1nc2ccc(CC(=O)N3C[C@@H](O)C[C@H]3COc3ccc(C(=O)O)cc3)cc2o1. The first kappa shape index (κ1) is 24.3. The number of aromatic carboxylic acids is 1. The maximum Gasteiger partial charge on any atom is 0.335 e. The number of carboxylic acids is 1. The van der Waals surface area contributed by atoms with Gasteiger partial charge < -0.3 is 29.6 Å². The van der Waals surface area contributed by atoms with Crippen LogP contribution in [0.2, 0.25) is 0 Å². The number of aliphatic hydroxyl groups is 1. The van der Waals surface area contributed by atoms with E-state index in [-0.39, 0.29) is 37.1 Å². The number of hydrogen-bond acceptors (Lipinski definition) is 7. The number of oxazole rings is 1. The standard InChI is InChI=1S/C28H27N3O6/c1-17-4-2-3-5-23(17)29-28-30-24-11-6-18(12-25(24)37-28)13-26(33)31-15-21(32)14-20(31)16-36-22-9-7-19(8-10-22)27(34)35/h2-12,20-21,32H,13-16H2,1H3,(H,29,30)(H,34,35)/t20-,21-/m0/s1. The number of carbonyl (C=O) groups is 2. The van der Waals surface area contributed by atoms with Gasteiger partial charge in [-0.05, 0) is 66.9 Å². The molecular formula is C28H27N3O6. The van der Waals surface area contributed by atoms with Crippen molar-refractivity contribution in [2.75, 3.05) is 18.5 Å². The minimum Gasteiger partial charge on any atom is -0.491 e. The Morgan fingerprint density at radius 1 is 1.14 bits per heavy atom. The van der Waals surface area contributed by atoms with Gasteiger partial charge in [0.1, 0.15) is 17.9 Å². The number of amides is 1. The highest BCUT2D eigenvalue weighted by molar-refractivity contribution is 5.87. The number of aryl methyl sites for hydroxylation is 1. The van der Waals surface area contributed by atoms with Crippen LogP contribution in [0, 0.1) is 6.92 Å². The second-order valence-corrected chi connectivity index (χ2v) is 9.17. The first-order valence-electron chi connectivity index (χ1n) is 12.0. The molecule has 190 valence electrons. The maximum atomic E-state index is 13.2. The predicted molar refractivity (Wildman–Crippen MR) is 137 cm³/mol. The summed E-state index contributed by atoms with van der Waals surface area (Å²) < 4.78 is 11.7. The van der Waals surface area contributed by atoms with E-state index in [1.54, 1.807) is 17.0 Å². The van der Waals surface area contributed by atoms with Gasteiger partial charge in [0.15, 0.2) is 5.58 Å². The van der Waals surface area contributed by atoms with E-state index in [4.69, 9.17) is 14.3 Å². The number of rotatable bonds is 8. The molecule has 1 amide bonds. The van der Waals surface area contributed by atoms with Gasteiger partial charge in [-0.15, -0.1) is 0 Å². The van der Waals surface area contributed by atoms with E-state index in [0.717, 1.165) is 16.8 Å². The summed E-state index contributed by atoms with van der Waals surface area (Å²) in [5, 5.41) is 22.4. The molecule has 0 spiro atoms. The van der Waals surface area contributed by atoms with E-state index in [1.165, 1.54) is 12.1 Å². The van der Waals surface area contributed by atoms with Gasteiger partial charge in [-0.1, -0.05) is 24.3 Å². The number of likely N-dealkylation sites (tertiary alicyclic amines) is 1. The van der Waals surface area contributed by atoms with E-state index < -0.39 is 12.1 Å². The van der Waals surface area contributed by atoms with Crippen molar-refractivity contribution >= 4 is 34.7 Å². The van der Waals surface area contributed by atoms with Crippen LogP contribution in [0.4, 0.5) is 11.7 Å². The summed E-state index contributed by atoms with van der Waals surface area (Å²) in [5.74, 6) is -0.627. The fourth-order valence-electron chi connectivity index (χ4n) is 4.48. The van der Waals surface area contributed by atoms with E-state index in [1.807, 2.05) is 49.4 Å². The molecule has 9 nitrogen and oxygen atoms in total. The number of anilines is 2. The van der Waals surface area contributed by atoms with Crippen molar-refractivity contribution in [1.29, 1.82) is 0 Å². The number of β-amino-alcohol motifs (C(OH)–C–C–N with tert-alkyl or cyclic N) is 1. The molecule has 37 heavy (non-hydrogen) atoms. The Morgan fingerprint density at radius 3 is 2.68 bits per heavy atom. The molecule has 3 N–H and O–H groups in total. The fourth-order valence-corrected chi connectivity index (χ4v) is 4.48. The van der Waals surface area contributed by atoms with Crippen molar-refractivity contribution in [3.8, 4) is 5.75 Å². The van der Waals surface area contributed by atoms with Crippen molar-refractivity contribution in [3.05, 3.63) is 83.4 Å². The molecule has 1 aromatic heterocycles. The van der Waals surface area contributed by atoms with Crippen LogP contribution in [0.25, 0.3) is 11.1 Å². The minimum absolute atomic E-state index is 0.122. The molecule has 4 aromatic rings. The third kappa shape index (κ3) is 5.57. The lowest BCUT2D eigenvalue weighted by Crippen LogP contribution is -2.40. The van der Waals surface area contributed by atoms with Crippen LogP contribution in [-0.2, 0) is 11.2 Å². The van der Waals surface area contributed by atoms with Gasteiger partial charge in [0.05, 0.1) is 24.1 Å². The molecule has 0 unspecified atom stereocenters. The van der Waals surface area contributed by atoms with E-state index in [9.17, 15) is 14.7 Å². The molecule has 5 rings (SSSR count). The van der Waals surface area contributed by atoms with E-state index in [2.05, 4.69) is 10.3 Å². The number of ether oxygens (including phenoxy) is 1. The Morgan fingerprint density at radius 2 is 1.92 bits per heavy atom. The number of benzene rings is 3. The normalized spacial score (nSPS) is 17.2. The minimum atomic E-state index is -1.01. The van der Waals surface area contributed by atoms with Crippen LogP contribution in [0.5, 0.6) is 5.75 Å². The van der Waals surface area contributed by atoms with Crippen LogP contribution < -0.4 is 10.1 Å². The number of hydrogen-bond donors (Lipinski definition) is 3. The Hall–Kier alpha value is -4.37. The average molecular weight is 502 g/mol. The molecule has 9 heteroatoms. The summed E-state index contributed by atoms with van der Waals surface area (Å²) in [5.41, 5.74) is 4.18. The van der Waals surface area contributed by atoms with Gasteiger partial charge in [-0.3, -0.25) is 4.79 Å². The highest BCUT2D eigenvalue weighted by Gasteiger charge is 2.34. The van der Waals surface area contributed by atoms with Gasteiger partial charge in [0.2, 0.25) is 5.91 Å². The number of fused-ring (bicyclic) bond motifs is 1. The fraction of sp³-hybridized carbons (Fsp3) is 0.250. The number of carbonyl (C=O) groups excluding carboxylic acids is 1. The molecule has 1 aliphatic rings. The molecule has 0 bridgehead atoms. The highest BCUT2D eigenvalue weighted by atomic mass is 16.5. The summed E-state index contributed by atoms with van der Waals surface area (Å²) in [6.07, 6.45) is -0.0689. The van der Waals surface area contributed by atoms with Crippen LogP contribution in [0.1, 0.15) is 27.9 Å². The van der Waals surface area contributed by atoms with Crippen LogP contribution in [0.15, 0.2) is 71.1 Å². The second kappa shape index (κ2) is 10.3. The Labute approximate surface area is 213 Å². The zero-order chi connectivity index (χ0) is 25.9. The number of nitrogens with zero attached hydrogens (tertiary/aromatic N) is 2. The predicted octanol–water partition coefficient (Wildman–Crippen LogP) is 4.16. The third-order valence-corrected chi connectivity index (χ3v) is 6.45. The first-order chi connectivity index (χ1) is 17.9. The van der Waals surface area contributed by atoms with Crippen molar-refractivity contribution in [2.24, 2.45) is 0 Å². The Balaban J connectivity index is 1.23. The molecule has 0 radical (unpaired) electrons. The smallest absolute Gasteiger partial charge is 0.335 e. The Kier molecular flexibility index (Phi) is 6.78. The summed E-state index contributed by atoms with van der Waals surface area (Å²) in [7, 11) is 0. The quantitative estimate of drug-likeness (QED) is 0.329. The molecule has 2 heterocycles. The molecule has 1 fully saturated rings. The molecule has 0 aliphatic carbocycles. The van der Waals surface area contributed by atoms with Crippen molar-refractivity contribution < 1.29 is 29.0 Å². The lowest BCUT2D eigenvalue weighted by Gasteiger charge is -2.24. The third-order valence-electron chi connectivity index (χ3n) is 6.45. The second-order valence-electron chi connectivity index (χ2n) is 9.17. The topological polar surface area (TPSA) is 125 Å². The van der Waals surface area contributed by atoms with Crippen molar-refractivity contribution in [3.63, 3.8) is 0 Å². The van der Waals surface area contributed by atoms with Crippen LogP contribution in [-0.4, -0.2) is 57.3 Å². The van der Waals surface area contributed by atoms with Gasteiger partial charge >= 0.3 is 5.97 Å². The summed E-state index contributed by atoms with van der Waals surface area (Å²) >= 11 is 0. The number of aromatic nitrogens is 1. The number of nitrogens with one attached hydrogen (secondary N) is 1. The zero-order valence-electron chi connectivity index (χ0n) is 20.3. The number of para-hydroxylation sites is 1. The largest absolute Gasteiger partial charge is 0.491 e. The van der Waals surface area contributed by atoms with E-state index in [0.29, 0.717) is 29.3 Å². The van der Waals surface area contributed by atoms with E-state index >= 15 is 0 Å². The van der Waals surface area contributed by atoms with Gasteiger partial charge in [-0.25, -0.2) is 4.79 Å². The molecule has 3 aromatic carbocycles. The number of carboxylic acid groups (broad SMARTS) is 1. The number of aliphatic hydroxyl groups excluding tert-OH is 1. The summed E-state index contributed by atoms with van der Waals surface area (Å²) in [6, 6.07) is 19.5. The van der Waals surface area contributed by atoms with Crippen LogP contribution >= 0.6 is 0 Å². The zero-order valence-corrected chi connectivity index (χ0v) is 20.3. The van der Waals surface area contributed by atoms with Crippen molar-refractivity contribution in [2.45, 2.75) is 31.9 Å². The monoisotopic (exact) mass is 501 g/mol. The lowest BCUT2D eigenvalue weighted by atomic mass is 10.1. The van der Waals surface area contributed by atoms with Crippen molar-refractivity contribution in [1.82, 2.24) is 9.88 Å². The summed E-state index contributed by atoms with van der Waals surface area (Å²) in [6.45, 7) is 2.43. The van der Waals surface area contributed by atoms with Crippen LogP contribution in [0.3, 0.4) is 0 Å². The molecule has 2 atom stereocenters. The van der Waals surface area contributed by atoms with Gasteiger partial charge in [0.25, 0.3) is 6.01 Å². The highest BCUT2D eigenvalue weighted by Crippen LogP contribution is 2.26. The molecular weight excluding hydrogens is 474 g/mol. The molecule has 0 saturated carbocycles. The first-order valence-corrected chi connectivity index (χ1v) is 12.0. The lowest BCUT2D eigenvalue weighted by molar-refractivity contribution is -0.132. The molecule has 1 aliphatic heterocycles. The maximum absolute atomic E-state index is 13.2. The average Bonchev–Trinajstić information content (AvgIpc) is 3.46. The van der Waals surface area contributed by atoms with Gasteiger partial charge in [-0.2, -0.15) is 4.98 Å². The summed E-state index contributed by atoms with van der Waals surface area (Å²) in [4.78, 5) is 30.3. The Bertz CT molecular complexity index is 1430. The molecule has 1 saturated heterocycles.